The molecule has 0 aromatic rings. The molecule has 10 heteroatoms. The lowest BCUT2D eigenvalue weighted by atomic mass is 10.3. The van der Waals surface area contributed by atoms with Crippen LogP contribution in [-0.2, 0) is 9.05 Å². The summed E-state index contributed by atoms with van der Waals surface area (Å²) in [4.78, 5) is 21.5. The monoisotopic (exact) mass is 369 g/mol. The van der Waals surface area contributed by atoms with Crippen molar-refractivity contribution < 1.29 is 18.8 Å². The molecule has 0 aliphatic heterocycles. The Morgan fingerprint density at radius 2 is 1.41 bits per heavy atom. The Labute approximate surface area is 140 Å². The van der Waals surface area contributed by atoms with Crippen LogP contribution in [0, 0.1) is 22.7 Å². The zero-order valence-corrected chi connectivity index (χ0v) is 15.8. The minimum Gasteiger partial charge on any atom is -0.796 e. The zero-order chi connectivity index (χ0) is 17.5. The summed E-state index contributed by atoms with van der Waals surface area (Å²) in [5.41, 5.74) is 0. The zero-order valence-electron chi connectivity index (χ0n) is 13.2. The number of nitriles is 2. The van der Waals surface area contributed by atoms with Gasteiger partial charge in [-0.1, -0.05) is 11.2 Å². The minimum atomic E-state index is -2.04. The summed E-state index contributed by atoms with van der Waals surface area (Å²) in [7, 11) is -3.84. The molecule has 2 unspecified atom stereocenters. The van der Waals surface area contributed by atoms with Gasteiger partial charge in [-0.15, -0.1) is 0 Å². The fraction of sp³-hybridized carbons (Fsp3) is 0.833. The van der Waals surface area contributed by atoms with E-state index in [9.17, 15) is 9.79 Å². The lowest BCUT2D eigenvalue weighted by Gasteiger charge is -2.41. The average Bonchev–Trinajstić information content (AvgIpc) is 2.38. The van der Waals surface area contributed by atoms with E-state index in [1.54, 1.807) is 4.67 Å². The Balaban J connectivity index is 0. The topological polar surface area (TPSA) is 115 Å². The van der Waals surface area contributed by atoms with Crippen molar-refractivity contribution in [2.45, 2.75) is 52.6 Å². The Morgan fingerprint density at radius 3 is 1.73 bits per heavy atom. The van der Waals surface area contributed by atoms with Crippen molar-refractivity contribution in [1.29, 1.82) is 10.5 Å². The Kier molecular flexibility index (Phi) is 17.4. The van der Waals surface area contributed by atoms with Crippen molar-refractivity contribution in [3.05, 3.63) is 0 Å². The van der Waals surface area contributed by atoms with Crippen LogP contribution < -0.4 is 9.79 Å². The molecule has 0 radical (unpaired) electrons. The van der Waals surface area contributed by atoms with Crippen LogP contribution in [0.2, 0.25) is 0 Å². The molecule has 0 spiro atoms. The Hall–Kier alpha value is -0.0700. The number of hydrogen-bond acceptors (Lipinski definition) is 7. The molecule has 0 heterocycles. The fourth-order valence-electron chi connectivity index (χ4n) is 1.37. The van der Waals surface area contributed by atoms with Gasteiger partial charge in [0.2, 0.25) is 0 Å². The quantitative estimate of drug-likeness (QED) is 0.452. The molecule has 0 aliphatic rings. The molecule has 0 saturated carbocycles. The largest absolute Gasteiger partial charge is 0.796 e. The van der Waals surface area contributed by atoms with Crippen LogP contribution >= 0.6 is 27.5 Å². The van der Waals surface area contributed by atoms with Crippen LogP contribution in [0.15, 0.2) is 0 Å². The summed E-state index contributed by atoms with van der Waals surface area (Å²) in [6, 6.07) is 4.12. The summed E-state index contributed by atoms with van der Waals surface area (Å²) >= 11 is 4.89. The van der Waals surface area contributed by atoms with Gasteiger partial charge in [0, 0.05) is 28.3 Å². The first-order valence-corrected chi connectivity index (χ1v) is 9.87. The van der Waals surface area contributed by atoms with Crippen LogP contribution in [0.25, 0.3) is 0 Å². The highest BCUT2D eigenvalue weighted by atomic mass is 35.7. The molecule has 0 fully saturated rings. The Bertz CT molecular complexity index is 340. The molecule has 2 atom stereocenters. The third-order valence-electron chi connectivity index (χ3n) is 2.07. The molecule has 0 saturated heterocycles. The van der Waals surface area contributed by atoms with Crippen molar-refractivity contribution in [1.82, 2.24) is 4.67 Å². The van der Waals surface area contributed by atoms with E-state index in [-0.39, 0.29) is 38.1 Å². The number of hydrogen-bond donors (Lipinski definition) is 0. The number of rotatable bonds is 9. The van der Waals surface area contributed by atoms with Gasteiger partial charge in [0.25, 0.3) is 0 Å². The molecule has 128 valence electrons. The van der Waals surface area contributed by atoms with E-state index in [4.69, 9.17) is 26.3 Å². The van der Waals surface area contributed by atoms with E-state index >= 15 is 0 Å². The second-order valence-electron chi connectivity index (χ2n) is 4.50. The highest BCUT2D eigenvalue weighted by Crippen LogP contribution is 2.36. The van der Waals surface area contributed by atoms with Crippen molar-refractivity contribution in [2.24, 2.45) is 0 Å². The second-order valence-corrected chi connectivity index (χ2v) is 7.21. The second kappa shape index (κ2) is 15.8. The Morgan fingerprint density at radius 1 is 1.00 bits per heavy atom. The van der Waals surface area contributed by atoms with E-state index < -0.39 is 16.3 Å². The highest BCUT2D eigenvalue weighted by Gasteiger charge is 2.16. The van der Waals surface area contributed by atoms with Gasteiger partial charge >= 0.3 is 0 Å². The minimum absolute atomic E-state index is 0.148. The number of halogens is 1. The first-order chi connectivity index (χ1) is 10.3. The summed E-state index contributed by atoms with van der Waals surface area (Å²) in [5, 5.41) is 16.2. The van der Waals surface area contributed by atoms with E-state index in [1.165, 1.54) is 0 Å². The lowest BCUT2D eigenvalue weighted by molar-refractivity contribution is -0.196. The van der Waals surface area contributed by atoms with E-state index in [1.807, 2.05) is 39.8 Å². The molecule has 7 nitrogen and oxygen atoms in total. The normalized spacial score (nSPS) is 13.3. The van der Waals surface area contributed by atoms with Gasteiger partial charge in [-0.3, -0.25) is 4.67 Å². The summed E-state index contributed by atoms with van der Waals surface area (Å²) in [6.07, 6.45) is 0.513. The van der Waals surface area contributed by atoms with Gasteiger partial charge in [-0.25, -0.2) is 0 Å². The maximum absolute atomic E-state index is 11.6. The van der Waals surface area contributed by atoms with E-state index in [2.05, 4.69) is 4.52 Å². The molecule has 0 bridgehead atoms. The molecular weight excluding hydrogens is 348 g/mol. The molecule has 22 heavy (non-hydrogen) atoms. The predicted octanol–water partition coefficient (Wildman–Crippen LogP) is 2.37. The van der Waals surface area contributed by atoms with Gasteiger partial charge in [0.15, 0.2) is 0 Å². The van der Waals surface area contributed by atoms with Gasteiger partial charge in [-0.2, -0.15) is 10.5 Å². The lowest BCUT2D eigenvalue weighted by Crippen LogP contribution is -2.36. The maximum Gasteiger partial charge on any atom is 0.0646 e. The molecule has 0 aromatic heterocycles. The predicted molar refractivity (Wildman–Crippen MR) is 84.2 cm³/mol. The van der Waals surface area contributed by atoms with Crippen LogP contribution in [0.3, 0.4) is 0 Å². The van der Waals surface area contributed by atoms with Crippen molar-refractivity contribution in [3.8, 4) is 12.1 Å². The van der Waals surface area contributed by atoms with Crippen LogP contribution in [-0.4, -0.2) is 30.0 Å². The first kappa shape index (κ1) is 24.2. The fourth-order valence-corrected chi connectivity index (χ4v) is 2.95. The maximum atomic E-state index is 11.6. The van der Waals surface area contributed by atoms with Gasteiger partial charge in [-0.05, 0) is 27.7 Å². The van der Waals surface area contributed by atoms with Crippen molar-refractivity contribution >= 4 is 27.5 Å². The third-order valence-corrected chi connectivity index (χ3v) is 4.45. The molecule has 0 aromatic carbocycles. The number of nitrogens with zero attached hydrogens (tertiary/aromatic N) is 3. The SMILES string of the molecule is CC(C)N(C(C)C)P([O-])OCCC#N.N#CCCOP([O-])Cl. The highest BCUT2D eigenvalue weighted by molar-refractivity contribution is 7.74. The van der Waals surface area contributed by atoms with Crippen LogP contribution in [0.5, 0.6) is 0 Å². The molecular formula is C12H22ClN3O4P2-2. The van der Waals surface area contributed by atoms with Crippen LogP contribution in [0.4, 0.5) is 0 Å². The van der Waals surface area contributed by atoms with Gasteiger partial charge in [0.05, 0.1) is 38.2 Å². The van der Waals surface area contributed by atoms with Crippen molar-refractivity contribution in [3.63, 3.8) is 0 Å². The first-order valence-electron chi connectivity index (χ1n) is 6.66. The van der Waals surface area contributed by atoms with E-state index in [0.717, 1.165) is 0 Å². The molecule has 0 aliphatic carbocycles. The third kappa shape index (κ3) is 14.9. The molecule has 0 amide bonds. The standard InChI is InChI=1S/C9H18N2O2P.C3H4ClNO2P/c1-8(2)11(9(3)4)14(12)13-7-5-6-10;4-8(6)7-3-1-2-5/h8-9H,5,7H2,1-4H3;1,3H2/q2*-1. The van der Waals surface area contributed by atoms with E-state index in [0.29, 0.717) is 0 Å². The molecule has 0 rings (SSSR count). The average molecular weight is 370 g/mol. The molecule has 0 N–H and O–H groups in total. The smallest absolute Gasteiger partial charge is 0.0646 e. The summed E-state index contributed by atoms with van der Waals surface area (Å²) in [6.45, 7) is 8.28. The van der Waals surface area contributed by atoms with Gasteiger partial charge < -0.3 is 18.8 Å². The van der Waals surface area contributed by atoms with Gasteiger partial charge in [0.1, 0.15) is 0 Å². The summed E-state index contributed by atoms with van der Waals surface area (Å²) < 4.78 is 11.2. The summed E-state index contributed by atoms with van der Waals surface area (Å²) in [5.74, 6) is 0. The van der Waals surface area contributed by atoms with Crippen LogP contribution in [0.1, 0.15) is 40.5 Å². The van der Waals surface area contributed by atoms with Crippen molar-refractivity contribution in [2.75, 3.05) is 13.2 Å².